The maximum Gasteiger partial charge on any atom is 0.0701 e. The van der Waals surface area contributed by atoms with Gasteiger partial charge in [-0.3, -0.25) is 0 Å². The molecule has 0 spiro atoms. The first-order valence-electron chi connectivity index (χ1n) is 21.6. The van der Waals surface area contributed by atoms with Gasteiger partial charge in [0.05, 0.1) is 52.9 Å². The maximum atomic E-state index is 5.37. The van der Waals surface area contributed by atoms with E-state index in [1.807, 2.05) is 0 Å². The van der Waals surface area contributed by atoms with Crippen molar-refractivity contribution >= 4 is 0 Å². The summed E-state index contributed by atoms with van der Waals surface area (Å²) in [6, 6.07) is 8.76. The van der Waals surface area contributed by atoms with Crippen LogP contribution in [0.4, 0.5) is 0 Å². The molecule has 0 amide bonds. The third kappa shape index (κ3) is 63.9. The zero-order chi connectivity index (χ0) is 39.4. The highest BCUT2D eigenvalue weighted by atomic mass is 16.6. The lowest BCUT2D eigenvalue weighted by molar-refractivity contribution is -0.00227. The molecule has 0 heterocycles. The van der Waals surface area contributed by atoms with Crippen molar-refractivity contribution in [2.45, 2.75) is 166 Å². The first-order valence-corrected chi connectivity index (χ1v) is 21.6. The van der Waals surface area contributed by atoms with Crippen molar-refractivity contribution in [3.05, 3.63) is 35.4 Å². The fourth-order valence-corrected chi connectivity index (χ4v) is 3.71. The molecule has 0 aliphatic carbocycles. The molecule has 0 saturated carbocycles. The lowest BCUT2D eigenvalue weighted by Gasteiger charge is -2.07. The Hall–Kier alpha value is -1.06. The number of aryl methyl sites for hydroxylation is 2. The summed E-state index contributed by atoms with van der Waals surface area (Å²) in [4.78, 5) is 0. The van der Waals surface area contributed by atoms with E-state index in [0.717, 1.165) is 78.5 Å². The van der Waals surface area contributed by atoms with E-state index in [-0.39, 0.29) is 0 Å². The quantitative estimate of drug-likeness (QED) is 0.0681. The number of ether oxygens (including phenoxy) is 7. The normalized spacial score (nSPS) is 10.2. The second-order valence-electron chi connectivity index (χ2n) is 12.9. The van der Waals surface area contributed by atoms with Gasteiger partial charge in [0.2, 0.25) is 0 Å². The van der Waals surface area contributed by atoms with Gasteiger partial charge in [-0.15, -0.1) is 0 Å². The Labute approximate surface area is 325 Å². The molecule has 0 saturated heterocycles. The lowest BCUT2D eigenvalue weighted by atomic mass is 10.1. The van der Waals surface area contributed by atoms with Crippen molar-refractivity contribution in [3.63, 3.8) is 0 Å². The summed E-state index contributed by atoms with van der Waals surface area (Å²) in [5.74, 6) is 0. The first-order chi connectivity index (χ1) is 25.5. The Balaban J connectivity index is -0.000000298. The Kier molecular flexibility index (Phi) is 65.7. The van der Waals surface area contributed by atoms with Crippen molar-refractivity contribution in [1.82, 2.24) is 0 Å². The van der Waals surface area contributed by atoms with Crippen LogP contribution in [0.5, 0.6) is 0 Å². The van der Waals surface area contributed by atoms with Gasteiger partial charge in [-0.05, 0) is 57.4 Å². The SMILES string of the molecule is CCC.CCCCOCCCC.CCCCOCCOCCCC.CCCCOCCOCCOCCOCCCC.CCCc1ccc(C)cc1. The van der Waals surface area contributed by atoms with Crippen molar-refractivity contribution in [2.24, 2.45) is 0 Å². The maximum absolute atomic E-state index is 5.37. The Morgan fingerprint density at radius 1 is 0.308 bits per heavy atom. The number of hydrogen-bond donors (Lipinski definition) is 0. The minimum absolute atomic E-state index is 0.631. The Morgan fingerprint density at radius 2 is 0.519 bits per heavy atom. The monoisotopic (exact) mass is 745 g/mol. The third-order valence-electron chi connectivity index (χ3n) is 7.00. The summed E-state index contributed by atoms with van der Waals surface area (Å²) in [5.41, 5.74) is 2.80. The number of unbranched alkanes of at least 4 members (excludes halogenated alkanes) is 6. The minimum atomic E-state index is 0.631. The topological polar surface area (TPSA) is 64.6 Å². The summed E-state index contributed by atoms with van der Waals surface area (Å²) in [7, 11) is 0. The first kappa shape index (κ1) is 57.7. The average molecular weight is 745 g/mol. The third-order valence-corrected chi connectivity index (χ3v) is 7.00. The summed E-state index contributed by atoms with van der Waals surface area (Å²) < 4.78 is 37.5. The summed E-state index contributed by atoms with van der Waals surface area (Å²) >= 11 is 0. The standard InChI is InChI=1S/C14H30O4.C10H22O2.C10H14.C8H18O.C3H8/c1-3-5-7-15-9-11-17-13-14-18-12-10-16-8-6-4-2;1-3-5-7-11-9-10-12-8-6-4-2;1-3-4-10-7-5-9(2)6-8-10;1-3-5-7-9-8-6-4-2;1-3-2/h3-14H2,1-2H3;3-10H2,1-2H3;5-8H,3-4H2,1-2H3;3-8H2,1-2H3;3H2,1-2H3. The van der Waals surface area contributed by atoms with Crippen LogP contribution in [-0.2, 0) is 39.6 Å². The average Bonchev–Trinajstić information content (AvgIpc) is 3.15. The van der Waals surface area contributed by atoms with Crippen LogP contribution in [0.1, 0.15) is 163 Å². The molecule has 0 unspecified atom stereocenters. The zero-order valence-corrected chi connectivity index (χ0v) is 36.7. The second-order valence-corrected chi connectivity index (χ2v) is 12.9. The Bertz CT molecular complexity index is 640. The zero-order valence-electron chi connectivity index (χ0n) is 36.7. The Morgan fingerprint density at radius 3 is 0.731 bits per heavy atom. The number of hydrogen-bond acceptors (Lipinski definition) is 7. The molecule has 314 valence electrons. The van der Waals surface area contributed by atoms with Crippen LogP contribution < -0.4 is 0 Å². The van der Waals surface area contributed by atoms with Crippen LogP contribution in [0, 0.1) is 6.92 Å². The highest BCUT2D eigenvalue weighted by Crippen LogP contribution is 2.04. The molecule has 0 N–H and O–H groups in total. The molecular weight excluding hydrogens is 652 g/mol. The van der Waals surface area contributed by atoms with E-state index in [4.69, 9.17) is 33.2 Å². The molecule has 52 heavy (non-hydrogen) atoms. The van der Waals surface area contributed by atoms with Gasteiger partial charge >= 0.3 is 0 Å². The van der Waals surface area contributed by atoms with E-state index < -0.39 is 0 Å². The molecule has 0 bridgehead atoms. The highest BCUT2D eigenvalue weighted by Gasteiger charge is 1.93. The molecule has 1 rings (SSSR count). The summed E-state index contributed by atoms with van der Waals surface area (Å²) in [5, 5.41) is 0. The van der Waals surface area contributed by atoms with Gasteiger partial charge in [0.15, 0.2) is 0 Å². The largest absolute Gasteiger partial charge is 0.381 e. The molecule has 0 radical (unpaired) electrons. The fraction of sp³-hybridized carbons (Fsp3) is 0.867. The summed E-state index contributed by atoms with van der Waals surface area (Å²) in [6.07, 6.45) is 17.9. The van der Waals surface area contributed by atoms with E-state index in [0.29, 0.717) is 39.6 Å². The van der Waals surface area contributed by atoms with Crippen LogP contribution in [0.3, 0.4) is 0 Å². The molecule has 0 aliphatic heterocycles. The minimum Gasteiger partial charge on any atom is -0.381 e. The van der Waals surface area contributed by atoms with Crippen LogP contribution in [0.2, 0.25) is 0 Å². The van der Waals surface area contributed by atoms with Gasteiger partial charge in [0, 0.05) is 39.6 Å². The van der Waals surface area contributed by atoms with Crippen molar-refractivity contribution < 1.29 is 33.2 Å². The molecule has 0 fully saturated rings. The molecule has 7 heteroatoms. The van der Waals surface area contributed by atoms with Crippen LogP contribution >= 0.6 is 0 Å². The van der Waals surface area contributed by atoms with Crippen molar-refractivity contribution in [2.75, 3.05) is 92.5 Å². The fourth-order valence-electron chi connectivity index (χ4n) is 3.71. The van der Waals surface area contributed by atoms with Gasteiger partial charge < -0.3 is 33.2 Å². The summed E-state index contributed by atoms with van der Waals surface area (Å²) in [6.45, 7) is 32.4. The molecule has 0 aromatic heterocycles. The molecule has 0 atom stereocenters. The lowest BCUT2D eigenvalue weighted by Crippen LogP contribution is -2.12. The predicted molar refractivity (Wildman–Crippen MR) is 226 cm³/mol. The molecule has 0 aliphatic rings. The van der Waals surface area contributed by atoms with Gasteiger partial charge in [-0.25, -0.2) is 0 Å². The molecule has 1 aromatic rings. The predicted octanol–water partition coefficient (Wildman–Crippen LogP) is 12.2. The second kappa shape index (κ2) is 59.2. The van der Waals surface area contributed by atoms with Gasteiger partial charge in [0.1, 0.15) is 0 Å². The van der Waals surface area contributed by atoms with E-state index in [2.05, 4.69) is 93.5 Å². The van der Waals surface area contributed by atoms with Gasteiger partial charge in [-0.2, -0.15) is 0 Å². The number of benzene rings is 1. The van der Waals surface area contributed by atoms with E-state index in [1.165, 1.54) is 81.8 Å². The molecule has 1 aromatic carbocycles. The van der Waals surface area contributed by atoms with Crippen molar-refractivity contribution in [3.8, 4) is 0 Å². The van der Waals surface area contributed by atoms with Crippen LogP contribution in [0.15, 0.2) is 24.3 Å². The van der Waals surface area contributed by atoms with Crippen LogP contribution in [-0.4, -0.2) is 92.5 Å². The van der Waals surface area contributed by atoms with Crippen molar-refractivity contribution in [1.29, 1.82) is 0 Å². The van der Waals surface area contributed by atoms with Gasteiger partial charge in [-0.1, -0.05) is 144 Å². The highest BCUT2D eigenvalue weighted by molar-refractivity contribution is 5.21. The van der Waals surface area contributed by atoms with E-state index in [1.54, 1.807) is 0 Å². The van der Waals surface area contributed by atoms with Gasteiger partial charge in [0.25, 0.3) is 0 Å². The molecular formula is C45H92O7. The van der Waals surface area contributed by atoms with E-state index >= 15 is 0 Å². The van der Waals surface area contributed by atoms with Crippen LogP contribution in [0.25, 0.3) is 0 Å². The molecule has 7 nitrogen and oxygen atoms in total. The van der Waals surface area contributed by atoms with E-state index in [9.17, 15) is 0 Å². The smallest absolute Gasteiger partial charge is 0.0701 e. The number of rotatable bonds is 32.